The summed E-state index contributed by atoms with van der Waals surface area (Å²) in [4.78, 5) is 69.2. The molecule has 292 valence electrons. The van der Waals surface area contributed by atoms with E-state index >= 15 is 0 Å². The SMILES string of the molecule is CCC(C)(CC)c1ccc(-c2ccc(N3C(=O)c4ccc(C(=O)c5ccc6c(c5)C(=O)N(C(C)(CC)CC)C6=O)cc4C3=O)cc2C(F)(F)F)c(C(F)(F)F)c1. The maximum Gasteiger partial charge on any atom is 0.417 e. The third kappa shape index (κ3) is 6.40. The van der Waals surface area contributed by atoms with Gasteiger partial charge in [0.15, 0.2) is 5.78 Å². The molecule has 0 aliphatic carbocycles. The van der Waals surface area contributed by atoms with Gasteiger partial charge in [-0.15, -0.1) is 0 Å². The monoisotopic (exact) mass is 776 g/mol. The molecule has 13 heteroatoms. The molecule has 0 bridgehead atoms. The zero-order valence-electron chi connectivity index (χ0n) is 31.5. The van der Waals surface area contributed by atoms with Crippen molar-refractivity contribution in [3.8, 4) is 11.1 Å². The number of halogens is 6. The first kappa shape index (κ1) is 40.1. The van der Waals surface area contributed by atoms with Crippen molar-refractivity contribution in [2.45, 2.75) is 90.5 Å². The van der Waals surface area contributed by atoms with Gasteiger partial charge in [-0.25, -0.2) is 4.90 Å². The molecule has 0 N–H and O–H groups in total. The Morgan fingerprint density at radius 2 is 0.946 bits per heavy atom. The van der Waals surface area contributed by atoms with Gasteiger partial charge in [-0.3, -0.25) is 28.9 Å². The van der Waals surface area contributed by atoms with Crippen molar-refractivity contribution in [1.82, 2.24) is 4.90 Å². The van der Waals surface area contributed by atoms with Crippen LogP contribution in [-0.2, 0) is 17.8 Å². The van der Waals surface area contributed by atoms with Crippen molar-refractivity contribution in [2.75, 3.05) is 4.90 Å². The standard InChI is InChI=1S/C43H38F6N2O5/c1-7-40(5,8-2)25-13-17-27(33(21-25)42(44,45)46)28-18-14-26(22-34(28)43(47,48)49)50-36(53)29-15-11-23(19-31(29)37(50)54)35(52)24-12-16-30-32(20-24)39(56)51(38(30)55)41(6,9-3)10-4/h11-22H,7-10H2,1-6H3. The molecule has 0 saturated carbocycles. The molecular weight excluding hydrogens is 738 g/mol. The molecule has 6 rings (SSSR count). The van der Waals surface area contributed by atoms with E-state index in [1.807, 2.05) is 27.7 Å². The lowest BCUT2D eigenvalue weighted by Crippen LogP contribution is -2.48. The van der Waals surface area contributed by atoms with Crippen molar-refractivity contribution in [3.05, 3.63) is 123 Å². The van der Waals surface area contributed by atoms with Gasteiger partial charge in [0.05, 0.1) is 39.1 Å². The van der Waals surface area contributed by atoms with Gasteiger partial charge in [-0.2, -0.15) is 26.3 Å². The summed E-state index contributed by atoms with van der Waals surface area (Å²) in [5.74, 6) is -3.75. The predicted octanol–water partition coefficient (Wildman–Crippen LogP) is 10.7. The summed E-state index contributed by atoms with van der Waals surface area (Å²) in [6, 6.07) is 13.1. The number of carbonyl (C=O) groups excluding carboxylic acids is 5. The maximum atomic E-state index is 14.7. The maximum absolute atomic E-state index is 14.7. The Balaban J connectivity index is 1.35. The molecule has 0 radical (unpaired) electrons. The Morgan fingerprint density at radius 1 is 0.518 bits per heavy atom. The number of benzene rings is 4. The average molecular weight is 777 g/mol. The number of amides is 4. The van der Waals surface area contributed by atoms with E-state index in [0.717, 1.165) is 30.3 Å². The van der Waals surface area contributed by atoms with E-state index in [2.05, 4.69) is 0 Å². The Kier molecular flexibility index (Phi) is 9.92. The molecule has 4 aromatic carbocycles. The third-order valence-electron chi connectivity index (χ3n) is 11.8. The van der Waals surface area contributed by atoms with Gasteiger partial charge >= 0.3 is 12.4 Å². The quantitative estimate of drug-likeness (QED) is 0.0908. The molecule has 4 amide bonds. The van der Waals surface area contributed by atoms with E-state index in [9.17, 15) is 50.3 Å². The van der Waals surface area contributed by atoms with Crippen molar-refractivity contribution in [1.29, 1.82) is 0 Å². The van der Waals surface area contributed by atoms with Gasteiger partial charge in [-0.05, 0) is 97.2 Å². The summed E-state index contributed by atoms with van der Waals surface area (Å²) < 4.78 is 87.4. The van der Waals surface area contributed by atoms with Gasteiger partial charge in [0.1, 0.15) is 0 Å². The van der Waals surface area contributed by atoms with E-state index in [1.54, 1.807) is 13.8 Å². The van der Waals surface area contributed by atoms with Crippen LogP contribution in [0.4, 0.5) is 32.0 Å². The Labute approximate surface area is 319 Å². The highest BCUT2D eigenvalue weighted by molar-refractivity contribution is 6.35. The summed E-state index contributed by atoms with van der Waals surface area (Å²) in [6.07, 6.45) is -8.21. The number of anilines is 1. The summed E-state index contributed by atoms with van der Waals surface area (Å²) >= 11 is 0. The minimum absolute atomic E-state index is 0.0145. The van der Waals surface area contributed by atoms with Crippen LogP contribution < -0.4 is 4.90 Å². The molecular formula is C43H38F6N2O5. The lowest BCUT2D eigenvalue weighted by molar-refractivity contribution is -0.139. The van der Waals surface area contributed by atoms with Crippen LogP contribution in [0.1, 0.15) is 141 Å². The number of imide groups is 2. The van der Waals surface area contributed by atoms with E-state index in [-0.39, 0.29) is 33.4 Å². The zero-order valence-corrected chi connectivity index (χ0v) is 31.5. The van der Waals surface area contributed by atoms with Gasteiger partial charge in [0, 0.05) is 16.7 Å². The Bertz CT molecular complexity index is 2340. The van der Waals surface area contributed by atoms with Crippen LogP contribution in [0.3, 0.4) is 0 Å². The summed E-state index contributed by atoms with van der Waals surface area (Å²) in [6.45, 7) is 10.9. The highest BCUT2D eigenvalue weighted by atomic mass is 19.4. The molecule has 0 aromatic heterocycles. The van der Waals surface area contributed by atoms with Crippen LogP contribution >= 0.6 is 0 Å². The van der Waals surface area contributed by atoms with E-state index in [0.29, 0.717) is 42.2 Å². The van der Waals surface area contributed by atoms with E-state index in [4.69, 9.17) is 0 Å². The first-order valence-corrected chi connectivity index (χ1v) is 18.2. The zero-order chi connectivity index (χ0) is 41.3. The number of hydrogen-bond acceptors (Lipinski definition) is 5. The minimum atomic E-state index is -5.20. The molecule has 0 atom stereocenters. The van der Waals surface area contributed by atoms with Crippen LogP contribution in [0.5, 0.6) is 0 Å². The van der Waals surface area contributed by atoms with Crippen LogP contribution in [0.15, 0.2) is 72.8 Å². The summed E-state index contributed by atoms with van der Waals surface area (Å²) in [7, 11) is 0. The predicted molar refractivity (Wildman–Crippen MR) is 197 cm³/mol. The second-order valence-electron chi connectivity index (χ2n) is 14.7. The van der Waals surface area contributed by atoms with Gasteiger partial charge in [0.2, 0.25) is 0 Å². The highest BCUT2D eigenvalue weighted by Gasteiger charge is 2.46. The number of alkyl halides is 6. The third-order valence-corrected chi connectivity index (χ3v) is 11.8. The molecule has 7 nitrogen and oxygen atoms in total. The topological polar surface area (TPSA) is 91.8 Å². The van der Waals surface area contributed by atoms with Crippen molar-refractivity contribution < 1.29 is 50.3 Å². The number of fused-ring (bicyclic) bond motifs is 2. The van der Waals surface area contributed by atoms with Gasteiger partial charge in [0.25, 0.3) is 23.6 Å². The number of hydrogen-bond donors (Lipinski definition) is 0. The number of nitrogens with zero attached hydrogens (tertiary/aromatic N) is 2. The molecule has 2 heterocycles. The largest absolute Gasteiger partial charge is 0.417 e. The molecule has 4 aromatic rings. The van der Waals surface area contributed by atoms with E-state index in [1.165, 1.54) is 41.3 Å². The lowest BCUT2D eigenvalue weighted by Gasteiger charge is -2.35. The fourth-order valence-corrected chi connectivity index (χ4v) is 7.41. The first-order chi connectivity index (χ1) is 26.1. The van der Waals surface area contributed by atoms with Crippen molar-refractivity contribution in [2.24, 2.45) is 0 Å². The minimum Gasteiger partial charge on any atom is -0.289 e. The molecule has 2 aliphatic heterocycles. The van der Waals surface area contributed by atoms with Crippen LogP contribution in [0.2, 0.25) is 0 Å². The van der Waals surface area contributed by atoms with E-state index < -0.39 is 80.7 Å². The van der Waals surface area contributed by atoms with Gasteiger partial charge in [-0.1, -0.05) is 65.0 Å². The Hall–Kier alpha value is -5.59. The fourth-order valence-electron chi connectivity index (χ4n) is 7.41. The second kappa shape index (κ2) is 13.9. The Morgan fingerprint density at radius 3 is 1.45 bits per heavy atom. The van der Waals surface area contributed by atoms with Crippen LogP contribution in [0.25, 0.3) is 11.1 Å². The number of ketones is 1. The highest BCUT2D eigenvalue weighted by Crippen LogP contribution is 2.46. The number of carbonyl (C=O) groups is 5. The molecule has 2 aliphatic rings. The molecule has 0 unspecified atom stereocenters. The molecule has 0 fully saturated rings. The van der Waals surface area contributed by atoms with Crippen LogP contribution in [-0.4, -0.2) is 39.9 Å². The smallest absolute Gasteiger partial charge is 0.289 e. The molecule has 56 heavy (non-hydrogen) atoms. The summed E-state index contributed by atoms with van der Waals surface area (Å²) in [5.41, 5.74) is -6.25. The fraction of sp³-hybridized carbons (Fsp3) is 0.326. The molecule has 0 spiro atoms. The van der Waals surface area contributed by atoms with Gasteiger partial charge < -0.3 is 0 Å². The molecule has 0 saturated heterocycles. The number of rotatable bonds is 10. The summed E-state index contributed by atoms with van der Waals surface area (Å²) in [5, 5.41) is 0. The van der Waals surface area contributed by atoms with Crippen LogP contribution in [0, 0.1) is 0 Å². The first-order valence-electron chi connectivity index (χ1n) is 18.2. The normalized spacial score (nSPS) is 14.9. The average Bonchev–Trinajstić information content (AvgIpc) is 3.58. The van der Waals surface area contributed by atoms with Crippen molar-refractivity contribution >= 4 is 35.1 Å². The van der Waals surface area contributed by atoms with Crippen molar-refractivity contribution in [3.63, 3.8) is 0 Å². The lowest BCUT2D eigenvalue weighted by atomic mass is 9.76. The second-order valence-corrected chi connectivity index (χ2v) is 14.7.